The fourth-order valence-electron chi connectivity index (χ4n) is 11.3. The number of rotatable bonds is 67. The summed E-state index contributed by atoms with van der Waals surface area (Å²) in [6.45, 7) is 4.96. The Morgan fingerprint density at radius 2 is 0.641 bits per heavy atom. The third-order valence-corrected chi connectivity index (χ3v) is 16.8. The summed E-state index contributed by atoms with van der Waals surface area (Å²) >= 11 is 0. The van der Waals surface area contributed by atoms with Crippen LogP contribution in [0.3, 0.4) is 0 Å². The molecule has 0 aromatic rings. The molecule has 0 bridgehead atoms. The molecule has 0 saturated carbocycles. The van der Waals surface area contributed by atoms with Crippen LogP contribution in [0.2, 0.25) is 0 Å². The van der Waals surface area contributed by atoms with Gasteiger partial charge in [0.15, 0.2) is 0 Å². The number of allylic oxidation sites excluding steroid dienone is 4. The lowest BCUT2D eigenvalue weighted by atomic mass is 10.0. The van der Waals surface area contributed by atoms with Gasteiger partial charge in [-0.1, -0.05) is 353 Å². The predicted octanol–water partition coefficient (Wildman–Crippen LogP) is 22.9. The molecular weight excluding hydrogens is 959 g/mol. The quantitative estimate of drug-likeness (QED) is 0.0320. The summed E-state index contributed by atoms with van der Waals surface area (Å²) in [7, 11) is 0. The number of carbonyl (C=O) groups is 2. The highest BCUT2D eigenvalue weighted by Gasteiger charge is 2.20. The lowest BCUT2D eigenvalue weighted by Crippen LogP contribution is -2.45. The van der Waals surface area contributed by atoms with Gasteiger partial charge in [0.2, 0.25) is 5.91 Å². The van der Waals surface area contributed by atoms with Crippen molar-refractivity contribution in [2.75, 3.05) is 13.2 Å². The summed E-state index contributed by atoms with van der Waals surface area (Å²) in [5, 5.41) is 23.4. The SMILES string of the molecule is CCCCC/C=C\C/C=C\CCCCCCCCCC(=O)OCCCCCCCCCCCCCCCCCCCCCCCCCCCCC(=O)NC(CO)C(O)CCCCCCCCCCCCCCCCCCCC. The maximum Gasteiger partial charge on any atom is 0.305 e. The lowest BCUT2D eigenvalue weighted by Gasteiger charge is -2.22. The van der Waals surface area contributed by atoms with Gasteiger partial charge in [0.05, 0.1) is 25.4 Å². The first-order valence-electron chi connectivity index (χ1n) is 35.6. The molecule has 0 aromatic heterocycles. The fourth-order valence-corrected chi connectivity index (χ4v) is 11.3. The van der Waals surface area contributed by atoms with Gasteiger partial charge in [-0.25, -0.2) is 0 Å². The Kier molecular flexibility index (Phi) is 66.4. The van der Waals surface area contributed by atoms with Crippen molar-refractivity contribution in [2.45, 2.75) is 411 Å². The average Bonchev–Trinajstić information content (AvgIpc) is 3.44. The highest BCUT2D eigenvalue weighted by molar-refractivity contribution is 5.76. The predicted molar refractivity (Wildman–Crippen MR) is 343 cm³/mol. The first-order valence-corrected chi connectivity index (χ1v) is 35.6. The van der Waals surface area contributed by atoms with Crippen molar-refractivity contribution in [1.29, 1.82) is 0 Å². The van der Waals surface area contributed by atoms with E-state index < -0.39 is 12.1 Å². The molecule has 6 nitrogen and oxygen atoms in total. The minimum Gasteiger partial charge on any atom is -0.466 e. The van der Waals surface area contributed by atoms with Crippen LogP contribution < -0.4 is 5.32 Å². The summed E-state index contributed by atoms with van der Waals surface area (Å²) < 4.78 is 5.50. The topological polar surface area (TPSA) is 95.9 Å². The summed E-state index contributed by atoms with van der Waals surface area (Å²) in [4.78, 5) is 24.6. The molecule has 0 aliphatic heterocycles. The molecule has 6 heteroatoms. The second kappa shape index (κ2) is 67.8. The molecule has 0 aliphatic carbocycles. The number of nitrogens with one attached hydrogen (secondary N) is 1. The normalized spacial score (nSPS) is 12.6. The molecular formula is C72H139NO5. The molecule has 2 atom stereocenters. The monoisotopic (exact) mass is 1100 g/mol. The summed E-state index contributed by atoms with van der Waals surface area (Å²) in [5.41, 5.74) is 0. The standard InChI is InChI=1S/C72H139NO5/c1-3-5-7-9-11-13-15-17-19-21-33-36-40-44-48-52-56-60-64-70(75)69(68-74)73-71(76)65-61-57-53-49-45-41-37-34-30-28-26-24-22-23-25-27-29-31-35-39-43-47-51-55-59-63-67-78-72(77)66-62-58-54-50-46-42-38-32-20-18-16-14-12-10-8-6-4-2/h12,14,18,20,69-70,74-75H,3-11,13,15-17,19,21-68H2,1-2H3,(H,73,76)/b14-12-,20-18-. The Morgan fingerprint density at radius 3 is 1.00 bits per heavy atom. The van der Waals surface area contributed by atoms with Gasteiger partial charge < -0.3 is 20.3 Å². The zero-order valence-electron chi connectivity index (χ0n) is 52.9. The van der Waals surface area contributed by atoms with Crippen molar-refractivity contribution >= 4 is 11.9 Å². The molecule has 0 heterocycles. The Bertz CT molecular complexity index is 1220. The zero-order valence-corrected chi connectivity index (χ0v) is 52.9. The van der Waals surface area contributed by atoms with Crippen LogP contribution >= 0.6 is 0 Å². The number of amides is 1. The van der Waals surface area contributed by atoms with Crippen molar-refractivity contribution in [3.63, 3.8) is 0 Å². The van der Waals surface area contributed by atoms with Gasteiger partial charge in [-0.2, -0.15) is 0 Å². The first-order chi connectivity index (χ1) is 38.5. The van der Waals surface area contributed by atoms with Crippen LogP contribution in [0.4, 0.5) is 0 Å². The van der Waals surface area contributed by atoms with Gasteiger partial charge >= 0.3 is 5.97 Å². The van der Waals surface area contributed by atoms with E-state index >= 15 is 0 Å². The van der Waals surface area contributed by atoms with Gasteiger partial charge in [-0.05, 0) is 57.8 Å². The van der Waals surface area contributed by atoms with Crippen molar-refractivity contribution in [3.05, 3.63) is 24.3 Å². The van der Waals surface area contributed by atoms with Crippen LogP contribution in [0.15, 0.2) is 24.3 Å². The zero-order chi connectivity index (χ0) is 56.4. The van der Waals surface area contributed by atoms with E-state index in [9.17, 15) is 19.8 Å². The van der Waals surface area contributed by atoms with E-state index in [-0.39, 0.29) is 18.5 Å². The van der Waals surface area contributed by atoms with E-state index in [0.717, 1.165) is 51.4 Å². The molecule has 0 rings (SSSR count). The molecule has 0 fully saturated rings. The minimum absolute atomic E-state index is 0.0103. The third-order valence-electron chi connectivity index (χ3n) is 16.8. The lowest BCUT2D eigenvalue weighted by molar-refractivity contribution is -0.143. The van der Waals surface area contributed by atoms with Crippen LogP contribution in [-0.2, 0) is 14.3 Å². The Balaban J connectivity index is 3.35. The molecule has 1 amide bonds. The van der Waals surface area contributed by atoms with Crippen molar-refractivity contribution in [1.82, 2.24) is 5.32 Å². The molecule has 462 valence electrons. The smallest absolute Gasteiger partial charge is 0.305 e. The molecule has 0 aromatic carbocycles. The van der Waals surface area contributed by atoms with Crippen LogP contribution in [0.25, 0.3) is 0 Å². The van der Waals surface area contributed by atoms with Gasteiger partial charge in [0.25, 0.3) is 0 Å². The molecule has 2 unspecified atom stereocenters. The number of esters is 1. The van der Waals surface area contributed by atoms with Gasteiger partial charge in [0, 0.05) is 12.8 Å². The van der Waals surface area contributed by atoms with E-state index in [0.29, 0.717) is 25.9 Å². The van der Waals surface area contributed by atoms with Crippen molar-refractivity contribution in [2.24, 2.45) is 0 Å². The summed E-state index contributed by atoms with van der Waals surface area (Å²) in [6.07, 6.45) is 85.1. The van der Waals surface area contributed by atoms with Gasteiger partial charge in [-0.15, -0.1) is 0 Å². The van der Waals surface area contributed by atoms with Crippen LogP contribution in [0, 0.1) is 0 Å². The van der Waals surface area contributed by atoms with Crippen LogP contribution in [0.1, 0.15) is 399 Å². The van der Waals surface area contributed by atoms with E-state index in [1.165, 1.54) is 315 Å². The van der Waals surface area contributed by atoms with E-state index in [4.69, 9.17) is 4.74 Å². The van der Waals surface area contributed by atoms with Crippen LogP contribution in [0.5, 0.6) is 0 Å². The number of ether oxygens (including phenoxy) is 1. The molecule has 0 spiro atoms. The Morgan fingerprint density at radius 1 is 0.359 bits per heavy atom. The maximum absolute atomic E-state index is 12.5. The fraction of sp³-hybridized carbons (Fsp3) is 0.917. The number of hydrogen-bond donors (Lipinski definition) is 3. The number of aliphatic hydroxyl groups is 2. The molecule has 0 radical (unpaired) electrons. The van der Waals surface area contributed by atoms with Crippen LogP contribution in [-0.4, -0.2) is 47.4 Å². The molecule has 78 heavy (non-hydrogen) atoms. The van der Waals surface area contributed by atoms with E-state index in [2.05, 4.69) is 43.5 Å². The first kappa shape index (κ1) is 76.3. The maximum atomic E-state index is 12.5. The number of carbonyl (C=O) groups excluding carboxylic acids is 2. The largest absolute Gasteiger partial charge is 0.466 e. The summed E-state index contributed by atoms with van der Waals surface area (Å²) in [5.74, 6) is -0.0185. The van der Waals surface area contributed by atoms with Crippen molar-refractivity contribution in [3.8, 4) is 0 Å². The second-order valence-electron chi connectivity index (χ2n) is 24.6. The van der Waals surface area contributed by atoms with Crippen molar-refractivity contribution < 1.29 is 24.5 Å². The van der Waals surface area contributed by atoms with E-state index in [1.807, 2.05) is 0 Å². The summed E-state index contributed by atoms with van der Waals surface area (Å²) in [6, 6.07) is -0.540. The number of hydrogen-bond acceptors (Lipinski definition) is 5. The Hall–Kier alpha value is -1.66. The average molecular weight is 1100 g/mol. The third kappa shape index (κ3) is 63.5. The van der Waals surface area contributed by atoms with Gasteiger partial charge in [0.1, 0.15) is 0 Å². The molecule has 0 saturated heterocycles. The Labute approximate surface area is 488 Å². The highest BCUT2D eigenvalue weighted by Crippen LogP contribution is 2.19. The number of unbranched alkanes of at least 4 members (excludes halogenated alkanes) is 52. The molecule has 3 N–H and O–H groups in total. The van der Waals surface area contributed by atoms with E-state index in [1.54, 1.807) is 0 Å². The highest BCUT2D eigenvalue weighted by atomic mass is 16.5. The second-order valence-corrected chi connectivity index (χ2v) is 24.6. The van der Waals surface area contributed by atoms with Gasteiger partial charge in [-0.3, -0.25) is 9.59 Å². The minimum atomic E-state index is -0.663. The molecule has 0 aliphatic rings. The number of aliphatic hydroxyl groups excluding tert-OH is 2.